The molecule has 0 spiro atoms. The lowest BCUT2D eigenvalue weighted by molar-refractivity contribution is -0.147. The molecule has 1 fully saturated rings. The highest BCUT2D eigenvalue weighted by Gasteiger charge is 2.31. The number of benzene rings is 1. The maximum Gasteiger partial charge on any atom is 0.308 e. The van der Waals surface area contributed by atoms with Gasteiger partial charge in [-0.3, -0.25) is 9.59 Å². The van der Waals surface area contributed by atoms with Gasteiger partial charge in [0, 0.05) is 13.1 Å². The SMILES string of the molecule is Cc1ccc(OCC(=O)N2CC(C)CC(C(=O)O)C2)cc1. The Bertz CT molecular complexity index is 512. The summed E-state index contributed by atoms with van der Waals surface area (Å²) in [6, 6.07) is 7.48. The van der Waals surface area contributed by atoms with E-state index >= 15 is 0 Å². The lowest BCUT2D eigenvalue weighted by Crippen LogP contribution is -2.47. The van der Waals surface area contributed by atoms with Crippen LogP contribution >= 0.6 is 0 Å². The van der Waals surface area contributed by atoms with Crippen molar-refractivity contribution in [2.24, 2.45) is 11.8 Å². The zero-order valence-corrected chi connectivity index (χ0v) is 12.4. The van der Waals surface area contributed by atoms with Crippen LogP contribution in [0.25, 0.3) is 0 Å². The Hall–Kier alpha value is -2.04. The van der Waals surface area contributed by atoms with E-state index in [4.69, 9.17) is 9.84 Å². The van der Waals surface area contributed by atoms with E-state index in [1.54, 1.807) is 4.90 Å². The van der Waals surface area contributed by atoms with Crippen molar-refractivity contribution in [3.05, 3.63) is 29.8 Å². The van der Waals surface area contributed by atoms with Crippen molar-refractivity contribution in [3.8, 4) is 5.75 Å². The fourth-order valence-electron chi connectivity index (χ4n) is 2.60. The van der Waals surface area contributed by atoms with Gasteiger partial charge in [0.15, 0.2) is 6.61 Å². The molecule has 0 aliphatic carbocycles. The minimum atomic E-state index is -0.834. The standard InChI is InChI=1S/C16H21NO4/c1-11-3-5-14(6-4-11)21-10-15(18)17-8-12(2)7-13(9-17)16(19)20/h3-6,12-13H,7-10H2,1-2H3,(H,19,20). The number of carboxylic acids is 1. The van der Waals surface area contributed by atoms with Gasteiger partial charge in [0.1, 0.15) is 5.75 Å². The number of ether oxygens (including phenoxy) is 1. The Morgan fingerprint density at radius 1 is 1.29 bits per heavy atom. The van der Waals surface area contributed by atoms with Crippen LogP contribution in [0.2, 0.25) is 0 Å². The number of carbonyl (C=O) groups excluding carboxylic acids is 1. The number of hydrogen-bond acceptors (Lipinski definition) is 3. The highest BCUT2D eigenvalue weighted by atomic mass is 16.5. The highest BCUT2D eigenvalue weighted by molar-refractivity contribution is 5.79. The minimum Gasteiger partial charge on any atom is -0.484 e. The Kier molecular flexibility index (Phi) is 4.83. The number of hydrogen-bond donors (Lipinski definition) is 1. The number of carbonyl (C=O) groups is 2. The van der Waals surface area contributed by atoms with E-state index in [0.717, 1.165) is 5.56 Å². The molecular weight excluding hydrogens is 270 g/mol. The molecule has 2 unspecified atom stereocenters. The quantitative estimate of drug-likeness (QED) is 0.920. The number of aliphatic carboxylic acids is 1. The Morgan fingerprint density at radius 3 is 2.57 bits per heavy atom. The molecule has 1 aliphatic heterocycles. The highest BCUT2D eigenvalue weighted by Crippen LogP contribution is 2.22. The zero-order valence-electron chi connectivity index (χ0n) is 12.4. The van der Waals surface area contributed by atoms with Crippen LogP contribution in [0.1, 0.15) is 18.9 Å². The third kappa shape index (κ3) is 4.21. The van der Waals surface area contributed by atoms with Gasteiger partial charge in [0.05, 0.1) is 5.92 Å². The third-order valence-electron chi connectivity index (χ3n) is 3.74. The van der Waals surface area contributed by atoms with Gasteiger partial charge in [-0.05, 0) is 31.4 Å². The van der Waals surface area contributed by atoms with Gasteiger partial charge in [-0.15, -0.1) is 0 Å². The molecule has 1 aromatic carbocycles. The predicted octanol–water partition coefficient (Wildman–Crippen LogP) is 1.94. The van der Waals surface area contributed by atoms with E-state index in [9.17, 15) is 9.59 Å². The second kappa shape index (κ2) is 6.61. The van der Waals surface area contributed by atoms with Gasteiger partial charge >= 0.3 is 5.97 Å². The van der Waals surface area contributed by atoms with Crippen LogP contribution in [-0.4, -0.2) is 41.6 Å². The molecule has 5 heteroatoms. The molecule has 1 aromatic rings. The molecule has 0 saturated carbocycles. The lowest BCUT2D eigenvalue weighted by atomic mass is 9.90. The summed E-state index contributed by atoms with van der Waals surface area (Å²) in [6.07, 6.45) is 0.623. The second-order valence-electron chi connectivity index (χ2n) is 5.78. The van der Waals surface area contributed by atoms with Gasteiger partial charge in [-0.1, -0.05) is 24.6 Å². The Balaban J connectivity index is 1.90. The normalized spacial score (nSPS) is 21.9. The number of amides is 1. The van der Waals surface area contributed by atoms with Crippen LogP contribution in [0.4, 0.5) is 0 Å². The third-order valence-corrected chi connectivity index (χ3v) is 3.74. The molecule has 0 radical (unpaired) electrons. The molecule has 1 amide bonds. The fourth-order valence-corrected chi connectivity index (χ4v) is 2.60. The summed E-state index contributed by atoms with van der Waals surface area (Å²) < 4.78 is 5.47. The van der Waals surface area contributed by atoms with Crippen LogP contribution in [0.3, 0.4) is 0 Å². The zero-order chi connectivity index (χ0) is 15.4. The van der Waals surface area contributed by atoms with Gasteiger partial charge in [0.25, 0.3) is 5.91 Å². The van der Waals surface area contributed by atoms with Crippen molar-refractivity contribution in [3.63, 3.8) is 0 Å². The summed E-state index contributed by atoms with van der Waals surface area (Å²) in [5.74, 6) is -0.624. The molecule has 1 aliphatic rings. The van der Waals surface area contributed by atoms with Gasteiger partial charge < -0.3 is 14.7 Å². The van der Waals surface area contributed by atoms with Crippen LogP contribution in [0, 0.1) is 18.8 Å². The maximum absolute atomic E-state index is 12.2. The summed E-state index contributed by atoms with van der Waals surface area (Å²) in [7, 11) is 0. The van der Waals surface area contributed by atoms with E-state index in [2.05, 4.69) is 0 Å². The minimum absolute atomic E-state index is 0.0535. The molecular formula is C16H21NO4. The molecule has 1 heterocycles. The summed E-state index contributed by atoms with van der Waals surface area (Å²) in [5, 5.41) is 9.12. The first kappa shape index (κ1) is 15.4. The Labute approximate surface area is 124 Å². The lowest BCUT2D eigenvalue weighted by Gasteiger charge is -2.34. The van der Waals surface area contributed by atoms with E-state index in [-0.39, 0.29) is 25.0 Å². The largest absolute Gasteiger partial charge is 0.484 e. The molecule has 114 valence electrons. The van der Waals surface area contributed by atoms with Gasteiger partial charge in [-0.2, -0.15) is 0 Å². The second-order valence-corrected chi connectivity index (χ2v) is 5.78. The van der Waals surface area contributed by atoms with Crippen LogP contribution in [0.15, 0.2) is 24.3 Å². The molecule has 2 atom stereocenters. The van der Waals surface area contributed by atoms with E-state index in [0.29, 0.717) is 18.7 Å². The molecule has 21 heavy (non-hydrogen) atoms. The smallest absolute Gasteiger partial charge is 0.308 e. The van der Waals surface area contributed by atoms with Gasteiger partial charge in [-0.25, -0.2) is 0 Å². The molecule has 0 aromatic heterocycles. The first-order valence-corrected chi connectivity index (χ1v) is 7.15. The number of rotatable bonds is 4. The van der Waals surface area contributed by atoms with Crippen molar-refractivity contribution in [2.45, 2.75) is 20.3 Å². The summed E-state index contributed by atoms with van der Waals surface area (Å²) in [6.45, 7) is 4.77. The van der Waals surface area contributed by atoms with Crippen LogP contribution in [-0.2, 0) is 9.59 Å². The van der Waals surface area contributed by atoms with Crippen molar-refractivity contribution >= 4 is 11.9 Å². The van der Waals surface area contributed by atoms with Crippen molar-refractivity contribution in [1.29, 1.82) is 0 Å². The van der Waals surface area contributed by atoms with Crippen molar-refractivity contribution < 1.29 is 19.4 Å². The summed E-state index contributed by atoms with van der Waals surface area (Å²) in [5.41, 5.74) is 1.13. The van der Waals surface area contributed by atoms with E-state index in [1.807, 2.05) is 38.1 Å². The number of carboxylic acid groups (broad SMARTS) is 1. The molecule has 1 N–H and O–H groups in total. The number of piperidine rings is 1. The molecule has 0 bridgehead atoms. The van der Waals surface area contributed by atoms with Gasteiger partial charge in [0.2, 0.25) is 0 Å². The first-order chi connectivity index (χ1) is 9.95. The van der Waals surface area contributed by atoms with Crippen molar-refractivity contribution in [2.75, 3.05) is 19.7 Å². The first-order valence-electron chi connectivity index (χ1n) is 7.15. The average Bonchev–Trinajstić information content (AvgIpc) is 2.45. The van der Waals surface area contributed by atoms with Crippen molar-refractivity contribution in [1.82, 2.24) is 4.90 Å². The van der Waals surface area contributed by atoms with Crippen LogP contribution < -0.4 is 4.74 Å². The molecule has 1 saturated heterocycles. The molecule has 2 rings (SSSR count). The summed E-state index contributed by atoms with van der Waals surface area (Å²) >= 11 is 0. The Morgan fingerprint density at radius 2 is 1.95 bits per heavy atom. The average molecular weight is 291 g/mol. The van der Waals surface area contributed by atoms with E-state index in [1.165, 1.54) is 0 Å². The number of likely N-dealkylation sites (tertiary alicyclic amines) is 1. The van der Waals surface area contributed by atoms with Crippen LogP contribution in [0.5, 0.6) is 5.75 Å². The fraction of sp³-hybridized carbons (Fsp3) is 0.500. The predicted molar refractivity (Wildman–Crippen MR) is 78.2 cm³/mol. The monoisotopic (exact) mass is 291 g/mol. The topological polar surface area (TPSA) is 66.8 Å². The molecule has 5 nitrogen and oxygen atoms in total. The number of nitrogens with zero attached hydrogens (tertiary/aromatic N) is 1. The summed E-state index contributed by atoms with van der Waals surface area (Å²) in [4.78, 5) is 24.9. The van der Waals surface area contributed by atoms with E-state index < -0.39 is 11.9 Å². The number of aryl methyl sites for hydroxylation is 1. The maximum atomic E-state index is 12.2.